The minimum atomic E-state index is -0.956. The van der Waals surface area contributed by atoms with Crippen molar-refractivity contribution in [3.05, 3.63) is 67.1 Å². The minimum Gasteiger partial charge on any atom is -0.488 e. The molecule has 2 aromatic rings. The first kappa shape index (κ1) is 15.7. The Hall–Kier alpha value is -1.73. The van der Waals surface area contributed by atoms with Crippen molar-refractivity contribution in [1.82, 2.24) is 0 Å². The van der Waals surface area contributed by atoms with Crippen molar-refractivity contribution in [2.24, 2.45) is 0 Å². The van der Waals surface area contributed by atoms with Crippen LogP contribution in [0.15, 0.2) is 34.8 Å². The zero-order valence-electron chi connectivity index (χ0n) is 10.3. The molecular weight excluding hydrogens is 372 g/mol. The Kier molecular flexibility index (Phi) is 4.74. The molecule has 110 valence electrons. The normalized spacial score (nSPS) is 10.5. The fourth-order valence-corrected chi connectivity index (χ4v) is 2.32. The molecule has 2 aromatic carbocycles. The molecule has 0 saturated heterocycles. The van der Waals surface area contributed by atoms with E-state index in [-0.39, 0.29) is 17.4 Å². The van der Waals surface area contributed by atoms with E-state index in [9.17, 15) is 18.9 Å². The van der Waals surface area contributed by atoms with Gasteiger partial charge in [0.2, 0.25) is 5.82 Å². The molecule has 0 aromatic heterocycles. The van der Waals surface area contributed by atoms with Gasteiger partial charge in [-0.3, -0.25) is 10.1 Å². The molecule has 0 amide bonds. The van der Waals surface area contributed by atoms with Gasteiger partial charge in [-0.2, -0.15) is 4.39 Å². The van der Waals surface area contributed by atoms with Crippen LogP contribution in [-0.4, -0.2) is 4.92 Å². The van der Waals surface area contributed by atoms with Gasteiger partial charge in [-0.15, -0.1) is 0 Å². The molecule has 8 heteroatoms. The van der Waals surface area contributed by atoms with Crippen molar-refractivity contribution in [3.63, 3.8) is 0 Å². The average molecular weight is 379 g/mol. The number of nitro benzene ring substituents is 1. The lowest BCUT2D eigenvalue weighted by Gasteiger charge is -2.09. The Morgan fingerprint density at radius 2 is 1.95 bits per heavy atom. The number of benzene rings is 2. The summed E-state index contributed by atoms with van der Waals surface area (Å²) < 4.78 is 32.5. The van der Waals surface area contributed by atoms with Gasteiger partial charge >= 0.3 is 5.69 Å². The second kappa shape index (κ2) is 6.36. The van der Waals surface area contributed by atoms with Gasteiger partial charge in [-0.05, 0) is 39.7 Å². The van der Waals surface area contributed by atoms with E-state index in [1.807, 2.05) is 0 Å². The third kappa shape index (κ3) is 3.68. The molecule has 0 fully saturated rings. The fourth-order valence-electron chi connectivity index (χ4n) is 1.56. The number of ether oxygens (including phenoxy) is 1. The third-order valence-corrected chi connectivity index (χ3v) is 3.49. The van der Waals surface area contributed by atoms with Gasteiger partial charge in [-0.1, -0.05) is 11.6 Å². The van der Waals surface area contributed by atoms with E-state index < -0.39 is 22.2 Å². The molecule has 0 aliphatic carbocycles. The number of hydrogen-bond donors (Lipinski definition) is 0. The predicted molar refractivity (Wildman–Crippen MR) is 76.5 cm³/mol. The monoisotopic (exact) mass is 377 g/mol. The summed E-state index contributed by atoms with van der Waals surface area (Å²) in [6.07, 6.45) is 0. The summed E-state index contributed by atoms with van der Waals surface area (Å²) in [5.41, 5.74) is -0.238. The number of nitrogens with zero attached hydrogens (tertiary/aromatic N) is 1. The van der Waals surface area contributed by atoms with Gasteiger partial charge in [0.05, 0.1) is 14.4 Å². The van der Waals surface area contributed by atoms with Crippen LogP contribution >= 0.6 is 27.5 Å². The van der Waals surface area contributed by atoms with Gasteiger partial charge in [-0.25, -0.2) is 4.39 Å². The molecule has 0 saturated carbocycles. The van der Waals surface area contributed by atoms with Crippen molar-refractivity contribution < 1.29 is 18.4 Å². The summed E-state index contributed by atoms with van der Waals surface area (Å²) in [6, 6.07) is 5.84. The summed E-state index contributed by atoms with van der Waals surface area (Å²) in [5, 5.41) is 10.4. The predicted octanol–water partition coefficient (Wildman–Crippen LogP) is 4.87. The van der Waals surface area contributed by atoms with Crippen LogP contribution in [0.1, 0.15) is 5.56 Å². The van der Waals surface area contributed by atoms with Crippen molar-refractivity contribution in [1.29, 1.82) is 0 Å². The van der Waals surface area contributed by atoms with Crippen LogP contribution in [-0.2, 0) is 6.61 Å². The molecule has 0 unspecified atom stereocenters. The van der Waals surface area contributed by atoms with Crippen LogP contribution in [0.4, 0.5) is 14.5 Å². The maximum Gasteiger partial charge on any atom is 0.304 e. The number of rotatable bonds is 4. The van der Waals surface area contributed by atoms with Crippen molar-refractivity contribution in [3.8, 4) is 5.75 Å². The van der Waals surface area contributed by atoms with E-state index in [1.165, 1.54) is 12.1 Å². The Morgan fingerprint density at radius 3 is 2.57 bits per heavy atom. The van der Waals surface area contributed by atoms with Gasteiger partial charge in [0.25, 0.3) is 0 Å². The molecule has 0 heterocycles. The van der Waals surface area contributed by atoms with Crippen LogP contribution in [0.5, 0.6) is 5.75 Å². The number of halogens is 4. The Balaban J connectivity index is 2.15. The van der Waals surface area contributed by atoms with Crippen LogP contribution in [0, 0.1) is 21.7 Å². The molecule has 0 atom stereocenters. The first-order valence-electron chi connectivity index (χ1n) is 5.58. The summed E-state index contributed by atoms with van der Waals surface area (Å²) in [5.74, 6) is -1.41. The van der Waals surface area contributed by atoms with E-state index in [2.05, 4.69) is 15.9 Å². The zero-order chi connectivity index (χ0) is 15.6. The fraction of sp³-hybridized carbons (Fsp3) is 0.0769. The molecule has 0 N–H and O–H groups in total. The van der Waals surface area contributed by atoms with Gasteiger partial charge in [0, 0.05) is 12.1 Å². The Bertz CT molecular complexity index is 712. The van der Waals surface area contributed by atoms with E-state index in [0.717, 1.165) is 18.2 Å². The third-order valence-electron chi connectivity index (χ3n) is 2.58. The van der Waals surface area contributed by atoms with E-state index in [4.69, 9.17) is 16.3 Å². The quantitative estimate of drug-likeness (QED) is 0.433. The standard InChI is InChI=1S/C13H7BrClF2NO3/c14-8-4-9(15)10(16)5-13(8)21-6-7-1-2-12(18(19)20)11(17)3-7/h1-5H,6H2. The first-order chi connectivity index (χ1) is 9.88. The molecule has 2 rings (SSSR count). The maximum atomic E-state index is 13.4. The van der Waals surface area contributed by atoms with Gasteiger partial charge in [0.1, 0.15) is 18.2 Å². The van der Waals surface area contributed by atoms with Crippen LogP contribution < -0.4 is 4.74 Å². The second-order valence-corrected chi connectivity index (χ2v) is 5.29. The summed E-state index contributed by atoms with van der Waals surface area (Å²) in [6.45, 7) is -0.0748. The lowest BCUT2D eigenvalue weighted by atomic mass is 10.2. The highest BCUT2D eigenvalue weighted by atomic mass is 79.9. The van der Waals surface area contributed by atoms with Crippen LogP contribution in [0.2, 0.25) is 5.02 Å². The van der Waals surface area contributed by atoms with Gasteiger partial charge in [0.15, 0.2) is 0 Å². The average Bonchev–Trinajstić information content (AvgIpc) is 2.41. The highest BCUT2D eigenvalue weighted by molar-refractivity contribution is 9.10. The van der Waals surface area contributed by atoms with Crippen molar-refractivity contribution >= 4 is 33.2 Å². The zero-order valence-corrected chi connectivity index (χ0v) is 12.6. The molecule has 0 bridgehead atoms. The molecule has 4 nitrogen and oxygen atoms in total. The van der Waals surface area contributed by atoms with Crippen LogP contribution in [0.25, 0.3) is 0 Å². The molecular formula is C13H7BrClF2NO3. The molecule has 0 spiro atoms. The lowest BCUT2D eigenvalue weighted by Crippen LogP contribution is -1.99. The largest absolute Gasteiger partial charge is 0.488 e. The summed E-state index contributed by atoms with van der Waals surface area (Å²) in [4.78, 5) is 9.69. The first-order valence-corrected chi connectivity index (χ1v) is 6.75. The highest BCUT2D eigenvalue weighted by Gasteiger charge is 2.14. The molecule has 0 radical (unpaired) electrons. The second-order valence-electron chi connectivity index (χ2n) is 4.03. The van der Waals surface area contributed by atoms with Crippen LogP contribution in [0.3, 0.4) is 0 Å². The SMILES string of the molecule is O=[N+]([O-])c1ccc(COc2cc(F)c(Cl)cc2Br)cc1F. The van der Waals surface area contributed by atoms with E-state index in [0.29, 0.717) is 10.0 Å². The Morgan fingerprint density at radius 1 is 1.24 bits per heavy atom. The van der Waals surface area contributed by atoms with Gasteiger partial charge < -0.3 is 4.74 Å². The van der Waals surface area contributed by atoms with Crippen molar-refractivity contribution in [2.75, 3.05) is 0 Å². The number of hydrogen-bond acceptors (Lipinski definition) is 3. The topological polar surface area (TPSA) is 52.4 Å². The molecule has 0 aliphatic rings. The summed E-state index contributed by atoms with van der Waals surface area (Å²) in [7, 11) is 0. The lowest BCUT2D eigenvalue weighted by molar-refractivity contribution is -0.387. The Labute approximate surface area is 131 Å². The van der Waals surface area contributed by atoms with Crippen molar-refractivity contribution in [2.45, 2.75) is 6.61 Å². The van der Waals surface area contributed by atoms with E-state index in [1.54, 1.807) is 0 Å². The molecule has 0 aliphatic heterocycles. The minimum absolute atomic E-state index is 0.0596. The highest BCUT2D eigenvalue weighted by Crippen LogP contribution is 2.31. The number of nitro groups is 1. The maximum absolute atomic E-state index is 13.4. The smallest absolute Gasteiger partial charge is 0.304 e. The molecule has 21 heavy (non-hydrogen) atoms. The van der Waals surface area contributed by atoms with E-state index >= 15 is 0 Å². The summed E-state index contributed by atoms with van der Waals surface area (Å²) >= 11 is 8.76.